The lowest BCUT2D eigenvalue weighted by Gasteiger charge is -2.28. The summed E-state index contributed by atoms with van der Waals surface area (Å²) in [5.41, 5.74) is 4.61. The van der Waals surface area contributed by atoms with E-state index in [1.165, 1.54) is 16.0 Å². The molecule has 0 aliphatic heterocycles. The first-order chi connectivity index (χ1) is 10.4. The standard InChI is InChI=1S/C20H25NS/c1-6-17(19-11-9-15-21-19)14-13-16(2)18-10-7-8-12-20(18)22(3,4)5/h6-15,21H,2H2,1,3-5H3/b14-13-,17-6+. The molecule has 0 radical (unpaired) electrons. The Labute approximate surface area is 135 Å². The van der Waals surface area contributed by atoms with Crippen LogP contribution in [0.4, 0.5) is 0 Å². The van der Waals surface area contributed by atoms with Gasteiger partial charge in [0.1, 0.15) is 0 Å². The third-order valence-electron chi connectivity index (χ3n) is 3.58. The van der Waals surface area contributed by atoms with Crippen LogP contribution in [0.1, 0.15) is 18.2 Å². The van der Waals surface area contributed by atoms with E-state index in [2.05, 4.69) is 85.8 Å². The number of allylic oxidation sites excluding steroid dienone is 5. The molecule has 1 aromatic heterocycles. The average Bonchev–Trinajstić information content (AvgIpc) is 3.01. The second kappa shape index (κ2) is 6.89. The molecular formula is C20H25NS. The minimum Gasteiger partial charge on any atom is -0.361 e. The normalized spacial score (nSPS) is 13.5. The van der Waals surface area contributed by atoms with E-state index in [9.17, 15) is 0 Å². The Morgan fingerprint density at radius 1 is 1.05 bits per heavy atom. The van der Waals surface area contributed by atoms with Crippen LogP contribution in [0.3, 0.4) is 0 Å². The van der Waals surface area contributed by atoms with E-state index in [1.807, 2.05) is 12.3 Å². The van der Waals surface area contributed by atoms with Crippen molar-refractivity contribution in [3.8, 4) is 0 Å². The SMILES string of the molecule is C=C(/C=C\C(=C/C)c1ccc[nH]1)c1ccccc1S(C)(C)C. The zero-order valence-electron chi connectivity index (χ0n) is 13.9. The molecule has 1 nitrogen and oxygen atoms in total. The zero-order valence-corrected chi connectivity index (χ0v) is 14.7. The van der Waals surface area contributed by atoms with E-state index in [4.69, 9.17) is 0 Å². The number of hydrogen-bond donors (Lipinski definition) is 1. The number of aromatic nitrogens is 1. The molecule has 1 aromatic carbocycles. The molecule has 0 fully saturated rings. The molecule has 0 amide bonds. The summed E-state index contributed by atoms with van der Waals surface area (Å²) in [4.78, 5) is 4.65. The first-order valence-corrected chi connectivity index (χ1v) is 10.2. The zero-order chi connectivity index (χ0) is 16.2. The molecule has 116 valence electrons. The van der Waals surface area contributed by atoms with Gasteiger partial charge >= 0.3 is 0 Å². The highest BCUT2D eigenvalue weighted by molar-refractivity contribution is 8.32. The Hall–Kier alpha value is -1.93. The van der Waals surface area contributed by atoms with E-state index in [0.29, 0.717) is 0 Å². The van der Waals surface area contributed by atoms with Gasteiger partial charge < -0.3 is 4.98 Å². The van der Waals surface area contributed by atoms with Crippen molar-refractivity contribution in [3.63, 3.8) is 0 Å². The average molecular weight is 311 g/mol. The van der Waals surface area contributed by atoms with Gasteiger partial charge in [0.25, 0.3) is 0 Å². The van der Waals surface area contributed by atoms with Gasteiger partial charge in [-0.25, -0.2) is 10.0 Å². The summed E-state index contributed by atoms with van der Waals surface area (Å²) in [7, 11) is -0.781. The van der Waals surface area contributed by atoms with E-state index in [-0.39, 0.29) is 0 Å². The second-order valence-electron chi connectivity index (χ2n) is 6.02. The number of H-pyrrole nitrogens is 1. The number of aromatic amines is 1. The van der Waals surface area contributed by atoms with Gasteiger partial charge in [-0.05, 0) is 65.5 Å². The molecular weight excluding hydrogens is 286 g/mol. The van der Waals surface area contributed by atoms with Gasteiger partial charge in [0.2, 0.25) is 0 Å². The predicted molar refractivity (Wildman–Crippen MR) is 103 cm³/mol. The fraction of sp³-hybridized carbons (Fsp3) is 0.200. The predicted octanol–water partition coefficient (Wildman–Crippen LogP) is 5.74. The van der Waals surface area contributed by atoms with Crippen LogP contribution < -0.4 is 0 Å². The summed E-state index contributed by atoms with van der Waals surface area (Å²) < 4.78 is 0. The highest BCUT2D eigenvalue weighted by Crippen LogP contribution is 2.48. The first kappa shape index (κ1) is 16.4. The third kappa shape index (κ3) is 3.83. The van der Waals surface area contributed by atoms with E-state index >= 15 is 0 Å². The molecule has 2 heteroatoms. The Morgan fingerprint density at radius 3 is 2.36 bits per heavy atom. The molecule has 0 atom stereocenters. The van der Waals surface area contributed by atoms with Gasteiger partial charge in [0.05, 0.1) is 0 Å². The molecule has 0 spiro atoms. The summed E-state index contributed by atoms with van der Waals surface area (Å²) >= 11 is 0. The minimum atomic E-state index is -0.781. The van der Waals surface area contributed by atoms with Crippen LogP contribution in [-0.2, 0) is 0 Å². The van der Waals surface area contributed by atoms with Crippen molar-refractivity contribution in [1.82, 2.24) is 4.98 Å². The van der Waals surface area contributed by atoms with Crippen LogP contribution in [0.15, 0.2) is 72.3 Å². The quantitative estimate of drug-likeness (QED) is 0.678. The maximum Gasteiger partial charge on any atom is 0.0450 e. The number of nitrogens with one attached hydrogen (secondary N) is 1. The van der Waals surface area contributed by atoms with Gasteiger partial charge in [-0.3, -0.25) is 0 Å². The lowest BCUT2D eigenvalue weighted by molar-refractivity contribution is 1.35. The van der Waals surface area contributed by atoms with Crippen LogP contribution in [0.2, 0.25) is 0 Å². The molecule has 1 N–H and O–H groups in total. The van der Waals surface area contributed by atoms with Gasteiger partial charge in [-0.2, -0.15) is 0 Å². The summed E-state index contributed by atoms with van der Waals surface area (Å²) in [5.74, 6) is 0. The Balaban J connectivity index is 2.29. The summed E-state index contributed by atoms with van der Waals surface area (Å²) in [6.45, 7) is 6.33. The van der Waals surface area contributed by atoms with Gasteiger partial charge in [-0.1, -0.05) is 43.0 Å². The van der Waals surface area contributed by atoms with E-state index < -0.39 is 10.0 Å². The molecule has 0 saturated heterocycles. The van der Waals surface area contributed by atoms with Crippen molar-refractivity contribution in [2.45, 2.75) is 11.8 Å². The fourth-order valence-corrected chi connectivity index (χ4v) is 3.74. The second-order valence-corrected chi connectivity index (χ2v) is 10.1. The molecule has 0 saturated carbocycles. The van der Waals surface area contributed by atoms with Crippen molar-refractivity contribution in [3.05, 3.63) is 78.7 Å². The number of rotatable bonds is 5. The van der Waals surface area contributed by atoms with Crippen LogP contribution >= 0.6 is 10.0 Å². The highest BCUT2D eigenvalue weighted by atomic mass is 32.3. The third-order valence-corrected chi connectivity index (χ3v) is 5.25. The summed E-state index contributed by atoms with van der Waals surface area (Å²) in [6, 6.07) is 12.7. The monoisotopic (exact) mass is 311 g/mol. The van der Waals surface area contributed by atoms with Crippen molar-refractivity contribution >= 4 is 21.2 Å². The van der Waals surface area contributed by atoms with Crippen molar-refractivity contribution < 1.29 is 0 Å². The van der Waals surface area contributed by atoms with Crippen LogP contribution in [0.25, 0.3) is 11.1 Å². The Kier molecular flexibility index (Phi) is 5.15. The largest absolute Gasteiger partial charge is 0.361 e. The van der Waals surface area contributed by atoms with Crippen molar-refractivity contribution in [2.24, 2.45) is 0 Å². The van der Waals surface area contributed by atoms with Crippen molar-refractivity contribution in [1.29, 1.82) is 0 Å². The molecule has 0 unspecified atom stereocenters. The van der Waals surface area contributed by atoms with E-state index in [0.717, 1.165) is 11.3 Å². The topological polar surface area (TPSA) is 15.8 Å². The Morgan fingerprint density at radius 2 is 1.77 bits per heavy atom. The van der Waals surface area contributed by atoms with Gasteiger partial charge in [-0.15, -0.1) is 0 Å². The van der Waals surface area contributed by atoms with Gasteiger partial charge in [0, 0.05) is 11.9 Å². The molecule has 1 heterocycles. The summed E-state index contributed by atoms with van der Waals surface area (Å²) in [6.07, 6.45) is 15.2. The maximum absolute atomic E-state index is 4.28. The molecule has 0 aliphatic rings. The molecule has 0 bridgehead atoms. The van der Waals surface area contributed by atoms with E-state index in [1.54, 1.807) is 0 Å². The minimum absolute atomic E-state index is 0.781. The Bertz CT molecular complexity index is 698. The van der Waals surface area contributed by atoms with Gasteiger partial charge in [0.15, 0.2) is 0 Å². The molecule has 0 aliphatic carbocycles. The number of benzene rings is 1. The lowest BCUT2D eigenvalue weighted by Crippen LogP contribution is -1.97. The fourth-order valence-electron chi connectivity index (χ4n) is 2.40. The van der Waals surface area contributed by atoms with Crippen molar-refractivity contribution in [2.75, 3.05) is 18.8 Å². The van der Waals surface area contributed by atoms with Crippen LogP contribution in [0, 0.1) is 0 Å². The smallest absolute Gasteiger partial charge is 0.0450 e. The highest BCUT2D eigenvalue weighted by Gasteiger charge is 2.13. The first-order valence-electron chi connectivity index (χ1n) is 7.38. The molecule has 2 aromatic rings. The lowest BCUT2D eigenvalue weighted by atomic mass is 10.0. The number of hydrogen-bond acceptors (Lipinski definition) is 0. The maximum atomic E-state index is 4.28. The molecule has 22 heavy (non-hydrogen) atoms. The molecule has 2 rings (SSSR count). The van der Waals surface area contributed by atoms with Crippen LogP contribution in [0.5, 0.6) is 0 Å². The van der Waals surface area contributed by atoms with Crippen LogP contribution in [-0.4, -0.2) is 23.8 Å². The summed E-state index contributed by atoms with van der Waals surface area (Å²) in [5, 5.41) is 0.